The molecule has 1 aromatic rings. The molecule has 3 heteroatoms. The molecule has 0 bridgehead atoms. The zero-order valence-electron chi connectivity index (χ0n) is 12.5. The van der Waals surface area contributed by atoms with Gasteiger partial charge >= 0.3 is 5.97 Å². The number of rotatable bonds is 4. The number of benzene rings is 1. The molecule has 0 aromatic heterocycles. The monoisotopic (exact) mass is 284 g/mol. The quantitative estimate of drug-likeness (QED) is 0.472. The van der Waals surface area contributed by atoms with Crippen molar-refractivity contribution in [3.05, 3.63) is 58.9 Å². The number of Topliss-reactive ketones (excluding diaryl/α,β-unsaturated/α-hetero) is 1. The van der Waals surface area contributed by atoms with Crippen LogP contribution in [0.1, 0.15) is 49.9 Å². The summed E-state index contributed by atoms with van der Waals surface area (Å²) in [4.78, 5) is 24.6. The molecule has 2 rings (SSSR count). The van der Waals surface area contributed by atoms with E-state index in [1.54, 1.807) is 38.1 Å². The van der Waals surface area contributed by atoms with Crippen molar-refractivity contribution < 1.29 is 14.3 Å². The van der Waals surface area contributed by atoms with Crippen LogP contribution in [-0.2, 0) is 9.53 Å². The van der Waals surface area contributed by atoms with Gasteiger partial charge in [-0.05, 0) is 62.8 Å². The van der Waals surface area contributed by atoms with Crippen LogP contribution < -0.4 is 0 Å². The number of carbonyl (C=O) groups excluding carboxylic acids is 2. The molecule has 1 aliphatic rings. The molecule has 0 radical (unpaired) electrons. The van der Waals surface area contributed by atoms with Gasteiger partial charge in [-0.3, -0.25) is 4.79 Å². The molecule has 0 fully saturated rings. The number of esters is 1. The maximum atomic E-state index is 12.5. The molecular weight excluding hydrogens is 264 g/mol. The number of ketones is 1. The average Bonchev–Trinajstić information content (AvgIpc) is 2.53. The van der Waals surface area contributed by atoms with Gasteiger partial charge in [-0.1, -0.05) is 24.3 Å². The fourth-order valence-electron chi connectivity index (χ4n) is 2.29. The second kappa shape index (κ2) is 7.02. The van der Waals surface area contributed by atoms with Gasteiger partial charge in [-0.15, -0.1) is 0 Å². The summed E-state index contributed by atoms with van der Waals surface area (Å²) >= 11 is 0. The molecule has 3 nitrogen and oxygen atoms in total. The van der Waals surface area contributed by atoms with Gasteiger partial charge in [0.25, 0.3) is 0 Å². The number of carbonyl (C=O) groups is 2. The number of ether oxygens (including phenoxy) is 1. The van der Waals surface area contributed by atoms with Crippen LogP contribution in [0.4, 0.5) is 0 Å². The fourth-order valence-corrected chi connectivity index (χ4v) is 2.29. The lowest BCUT2D eigenvalue weighted by Crippen LogP contribution is -2.16. The topological polar surface area (TPSA) is 43.4 Å². The molecule has 0 amide bonds. The molecule has 21 heavy (non-hydrogen) atoms. The van der Waals surface area contributed by atoms with Crippen LogP contribution >= 0.6 is 0 Å². The maximum Gasteiger partial charge on any atom is 0.343 e. The van der Waals surface area contributed by atoms with E-state index in [2.05, 4.69) is 0 Å². The summed E-state index contributed by atoms with van der Waals surface area (Å²) in [5.74, 6) is -0.479. The molecule has 0 atom stereocenters. The third-order valence-corrected chi connectivity index (χ3v) is 3.45. The second-order valence-electron chi connectivity index (χ2n) is 5.39. The predicted molar refractivity (Wildman–Crippen MR) is 81.8 cm³/mol. The Morgan fingerprint density at radius 3 is 2.33 bits per heavy atom. The van der Waals surface area contributed by atoms with E-state index >= 15 is 0 Å². The predicted octanol–water partition coefficient (Wildman–Crippen LogP) is 4.21. The van der Waals surface area contributed by atoms with Crippen LogP contribution in [0.5, 0.6) is 0 Å². The van der Waals surface area contributed by atoms with Gasteiger partial charge in [0, 0.05) is 0 Å². The Bertz CT molecular complexity index is 590. The van der Waals surface area contributed by atoms with E-state index in [4.69, 9.17) is 4.74 Å². The molecule has 0 spiro atoms. The van der Waals surface area contributed by atoms with Gasteiger partial charge in [0.2, 0.25) is 5.78 Å². The molecule has 0 saturated carbocycles. The molecule has 1 aliphatic carbocycles. The SMILES string of the molecule is CC(C)=C(OC(=O)c1ccccc1)C(=O)C1=CCCCC1. The molecule has 0 aliphatic heterocycles. The molecule has 0 saturated heterocycles. The Balaban J connectivity index is 2.17. The van der Waals surface area contributed by atoms with Gasteiger partial charge in [-0.2, -0.15) is 0 Å². The molecule has 1 aromatic carbocycles. The summed E-state index contributed by atoms with van der Waals surface area (Å²) in [7, 11) is 0. The van der Waals surface area contributed by atoms with Gasteiger partial charge in [0.15, 0.2) is 5.76 Å². The lowest BCUT2D eigenvalue weighted by Gasteiger charge is -2.15. The van der Waals surface area contributed by atoms with Crippen molar-refractivity contribution in [2.75, 3.05) is 0 Å². The summed E-state index contributed by atoms with van der Waals surface area (Å²) in [6.45, 7) is 3.57. The van der Waals surface area contributed by atoms with Crippen molar-refractivity contribution in [2.45, 2.75) is 39.5 Å². The first-order valence-corrected chi connectivity index (χ1v) is 7.28. The molecule has 0 N–H and O–H groups in total. The van der Waals surface area contributed by atoms with E-state index in [1.807, 2.05) is 12.1 Å². The van der Waals surface area contributed by atoms with Gasteiger partial charge in [0.05, 0.1) is 5.56 Å². The summed E-state index contributed by atoms with van der Waals surface area (Å²) < 4.78 is 5.36. The Hall–Kier alpha value is -2.16. The Labute approximate surface area is 125 Å². The Morgan fingerprint density at radius 2 is 1.76 bits per heavy atom. The van der Waals surface area contributed by atoms with E-state index < -0.39 is 5.97 Å². The van der Waals surface area contributed by atoms with Crippen molar-refractivity contribution >= 4 is 11.8 Å². The minimum atomic E-state index is -0.489. The van der Waals surface area contributed by atoms with Gasteiger partial charge in [-0.25, -0.2) is 4.79 Å². The zero-order chi connectivity index (χ0) is 15.2. The lowest BCUT2D eigenvalue weighted by atomic mass is 9.95. The molecule has 0 heterocycles. The van der Waals surface area contributed by atoms with E-state index in [-0.39, 0.29) is 11.5 Å². The summed E-state index contributed by atoms with van der Waals surface area (Å²) in [5.41, 5.74) is 1.93. The zero-order valence-corrected chi connectivity index (χ0v) is 12.5. The third-order valence-electron chi connectivity index (χ3n) is 3.45. The highest BCUT2D eigenvalue weighted by Gasteiger charge is 2.22. The number of allylic oxidation sites excluding steroid dienone is 3. The highest BCUT2D eigenvalue weighted by molar-refractivity contribution is 6.09. The van der Waals surface area contributed by atoms with E-state index in [0.717, 1.165) is 36.8 Å². The fraction of sp³-hybridized carbons (Fsp3) is 0.333. The average molecular weight is 284 g/mol. The highest BCUT2D eigenvalue weighted by Crippen LogP contribution is 2.23. The van der Waals surface area contributed by atoms with Crippen LogP contribution in [0, 0.1) is 0 Å². The Morgan fingerprint density at radius 1 is 1.05 bits per heavy atom. The van der Waals surface area contributed by atoms with Crippen LogP contribution in [0.3, 0.4) is 0 Å². The maximum absolute atomic E-state index is 12.5. The van der Waals surface area contributed by atoms with Crippen molar-refractivity contribution in [1.29, 1.82) is 0 Å². The minimum absolute atomic E-state index is 0.154. The van der Waals surface area contributed by atoms with Crippen molar-refractivity contribution in [1.82, 2.24) is 0 Å². The van der Waals surface area contributed by atoms with Crippen LogP contribution in [0.15, 0.2) is 53.3 Å². The van der Waals surface area contributed by atoms with Crippen LogP contribution in [0.2, 0.25) is 0 Å². The molecular formula is C18H20O3. The number of hydrogen-bond acceptors (Lipinski definition) is 3. The summed E-state index contributed by atoms with van der Waals surface area (Å²) in [6.07, 6.45) is 5.78. The first-order valence-electron chi connectivity index (χ1n) is 7.28. The second-order valence-corrected chi connectivity index (χ2v) is 5.39. The first kappa shape index (κ1) is 15.2. The highest BCUT2D eigenvalue weighted by atomic mass is 16.5. The standard InChI is InChI=1S/C18H20O3/c1-13(2)17(16(19)14-9-5-3-6-10-14)21-18(20)15-11-7-4-8-12-15/h4,7-9,11-12H,3,5-6,10H2,1-2H3. The van der Waals surface area contributed by atoms with Crippen LogP contribution in [0.25, 0.3) is 0 Å². The van der Waals surface area contributed by atoms with E-state index in [0.29, 0.717) is 5.56 Å². The smallest absolute Gasteiger partial charge is 0.343 e. The summed E-state index contributed by atoms with van der Waals surface area (Å²) in [6, 6.07) is 8.72. The third kappa shape index (κ3) is 3.91. The normalized spacial score (nSPS) is 14.1. The van der Waals surface area contributed by atoms with Gasteiger partial charge < -0.3 is 4.74 Å². The first-order chi connectivity index (χ1) is 10.1. The molecule has 0 unspecified atom stereocenters. The van der Waals surface area contributed by atoms with E-state index in [9.17, 15) is 9.59 Å². The molecule has 110 valence electrons. The van der Waals surface area contributed by atoms with Crippen molar-refractivity contribution in [3.63, 3.8) is 0 Å². The lowest BCUT2D eigenvalue weighted by molar-refractivity contribution is -0.115. The van der Waals surface area contributed by atoms with Crippen LogP contribution in [-0.4, -0.2) is 11.8 Å². The largest absolute Gasteiger partial charge is 0.419 e. The van der Waals surface area contributed by atoms with Crippen molar-refractivity contribution in [2.24, 2.45) is 0 Å². The van der Waals surface area contributed by atoms with Crippen molar-refractivity contribution in [3.8, 4) is 0 Å². The number of hydrogen-bond donors (Lipinski definition) is 0. The van der Waals surface area contributed by atoms with E-state index in [1.165, 1.54) is 0 Å². The van der Waals surface area contributed by atoms with Gasteiger partial charge in [0.1, 0.15) is 0 Å². The summed E-state index contributed by atoms with van der Waals surface area (Å²) in [5, 5.41) is 0. The minimum Gasteiger partial charge on any atom is -0.419 e. The Kier molecular flexibility index (Phi) is 5.09.